The number of aliphatic hydroxyl groups excluding tert-OH is 1. The molecule has 3 aromatic rings. The van der Waals surface area contributed by atoms with Gasteiger partial charge in [0.2, 0.25) is 5.95 Å². The van der Waals surface area contributed by atoms with Crippen molar-refractivity contribution in [2.75, 3.05) is 17.2 Å². The first-order valence-corrected chi connectivity index (χ1v) is 9.95. The number of hydrogen-bond acceptors (Lipinski definition) is 7. The molecule has 0 radical (unpaired) electrons. The number of nitrogens with one attached hydrogen (secondary N) is 2. The maximum Gasteiger partial charge on any atom is 0.573 e. The first kappa shape index (κ1) is 23.3. The maximum absolute atomic E-state index is 12.5. The Balaban J connectivity index is 1.94. The van der Waals surface area contributed by atoms with Crippen molar-refractivity contribution in [2.45, 2.75) is 33.2 Å². The summed E-state index contributed by atoms with van der Waals surface area (Å²) in [6.45, 7) is 5.49. The van der Waals surface area contributed by atoms with E-state index in [0.29, 0.717) is 28.7 Å². The van der Waals surface area contributed by atoms with E-state index in [9.17, 15) is 18.3 Å². The highest BCUT2D eigenvalue weighted by Gasteiger charge is 2.31. The van der Waals surface area contributed by atoms with Gasteiger partial charge in [-0.3, -0.25) is 4.98 Å². The Hall–Kier alpha value is -3.40. The van der Waals surface area contributed by atoms with E-state index >= 15 is 0 Å². The number of nitrogens with zero attached hydrogens (tertiary/aromatic N) is 3. The summed E-state index contributed by atoms with van der Waals surface area (Å²) in [7, 11) is 0. The van der Waals surface area contributed by atoms with E-state index in [2.05, 4.69) is 30.3 Å². The Morgan fingerprint density at radius 3 is 2.50 bits per heavy atom. The number of aromatic nitrogens is 3. The van der Waals surface area contributed by atoms with Crippen molar-refractivity contribution in [3.8, 4) is 17.0 Å². The minimum atomic E-state index is -4.76. The van der Waals surface area contributed by atoms with Gasteiger partial charge in [-0.25, -0.2) is 4.98 Å². The van der Waals surface area contributed by atoms with Gasteiger partial charge in [-0.2, -0.15) is 4.98 Å². The number of aryl methyl sites for hydroxylation is 1. The fourth-order valence-electron chi connectivity index (χ4n) is 2.94. The normalized spacial score (nSPS) is 12.5. The molecule has 0 aliphatic carbocycles. The lowest BCUT2D eigenvalue weighted by Gasteiger charge is -2.21. The minimum absolute atomic E-state index is 0.0965. The van der Waals surface area contributed by atoms with Gasteiger partial charge in [-0.05, 0) is 48.7 Å². The number of pyridine rings is 1. The Kier molecular flexibility index (Phi) is 7.14. The van der Waals surface area contributed by atoms with Gasteiger partial charge < -0.3 is 20.5 Å². The van der Waals surface area contributed by atoms with E-state index in [1.165, 1.54) is 18.2 Å². The van der Waals surface area contributed by atoms with Crippen LogP contribution in [0.25, 0.3) is 11.3 Å². The maximum atomic E-state index is 12.5. The highest BCUT2D eigenvalue weighted by Crippen LogP contribution is 2.29. The summed E-state index contributed by atoms with van der Waals surface area (Å²) in [6, 6.07) is 9.10. The molecule has 0 saturated carbocycles. The van der Waals surface area contributed by atoms with Crippen LogP contribution in [0.15, 0.2) is 48.8 Å². The van der Waals surface area contributed by atoms with Gasteiger partial charge in [0, 0.05) is 29.7 Å². The number of ether oxygens (including phenoxy) is 1. The van der Waals surface area contributed by atoms with Gasteiger partial charge in [-0.15, -0.1) is 13.2 Å². The van der Waals surface area contributed by atoms with Gasteiger partial charge in [0.1, 0.15) is 11.6 Å². The number of anilines is 3. The van der Waals surface area contributed by atoms with E-state index < -0.39 is 6.36 Å². The molecule has 1 aromatic carbocycles. The Morgan fingerprint density at radius 1 is 1.12 bits per heavy atom. The number of benzene rings is 1. The predicted molar refractivity (Wildman–Crippen MR) is 116 cm³/mol. The molecular formula is C22H24F3N5O2. The second-order valence-electron chi connectivity index (χ2n) is 7.53. The van der Waals surface area contributed by atoms with E-state index in [1.54, 1.807) is 31.5 Å². The standard InChI is InChI=1S/C22H24F3N5O2/c1-13(2)19(12-31)29-21-28-18(15-5-4-8-26-11-15)10-20(30-21)27-17-7-6-16(9-14(17)3)32-22(23,24)25/h4-11,13,19,31H,12H2,1-3H3,(H2,27,28,29,30)/t19-/m1/s1. The van der Waals surface area contributed by atoms with Gasteiger partial charge >= 0.3 is 6.36 Å². The zero-order chi connectivity index (χ0) is 23.3. The molecule has 3 N–H and O–H groups in total. The van der Waals surface area contributed by atoms with Crippen LogP contribution in [-0.4, -0.2) is 39.1 Å². The van der Waals surface area contributed by atoms with Crippen molar-refractivity contribution in [2.24, 2.45) is 5.92 Å². The van der Waals surface area contributed by atoms with Gasteiger partial charge in [0.05, 0.1) is 18.3 Å². The molecule has 0 aliphatic rings. The van der Waals surface area contributed by atoms with Crippen molar-refractivity contribution >= 4 is 17.5 Å². The van der Waals surface area contributed by atoms with E-state index in [0.717, 1.165) is 5.56 Å². The minimum Gasteiger partial charge on any atom is -0.406 e. The monoisotopic (exact) mass is 447 g/mol. The fraction of sp³-hybridized carbons (Fsp3) is 0.318. The summed E-state index contributed by atoms with van der Waals surface area (Å²) in [5.41, 5.74) is 2.45. The molecule has 0 saturated heterocycles. The van der Waals surface area contributed by atoms with Crippen molar-refractivity contribution in [1.29, 1.82) is 0 Å². The van der Waals surface area contributed by atoms with Crippen LogP contribution < -0.4 is 15.4 Å². The quantitative estimate of drug-likeness (QED) is 0.451. The number of hydrogen-bond donors (Lipinski definition) is 3. The first-order valence-electron chi connectivity index (χ1n) is 9.95. The zero-order valence-corrected chi connectivity index (χ0v) is 17.8. The third kappa shape index (κ3) is 6.30. The lowest BCUT2D eigenvalue weighted by molar-refractivity contribution is -0.274. The summed E-state index contributed by atoms with van der Waals surface area (Å²) in [4.78, 5) is 13.1. The molecule has 0 spiro atoms. The van der Waals surface area contributed by atoms with Crippen molar-refractivity contribution in [1.82, 2.24) is 15.0 Å². The first-order chi connectivity index (χ1) is 15.1. The van der Waals surface area contributed by atoms with Crippen LogP contribution in [-0.2, 0) is 0 Å². The third-order valence-corrected chi connectivity index (χ3v) is 4.69. The number of aliphatic hydroxyl groups is 1. The van der Waals surface area contributed by atoms with Crippen LogP contribution in [0.4, 0.5) is 30.6 Å². The number of rotatable bonds is 8. The summed E-state index contributed by atoms with van der Waals surface area (Å²) < 4.78 is 41.4. The van der Waals surface area contributed by atoms with Crippen LogP contribution in [0.3, 0.4) is 0 Å². The summed E-state index contributed by atoms with van der Waals surface area (Å²) in [5, 5.41) is 15.9. The van der Waals surface area contributed by atoms with Gasteiger partial charge in [-0.1, -0.05) is 13.8 Å². The number of halogens is 3. The van der Waals surface area contributed by atoms with E-state index in [-0.39, 0.29) is 24.3 Å². The van der Waals surface area contributed by atoms with Gasteiger partial charge in [0.15, 0.2) is 0 Å². The molecule has 1 atom stereocenters. The Labute approximate surface area is 183 Å². The molecule has 0 fully saturated rings. The second-order valence-corrected chi connectivity index (χ2v) is 7.53. The molecule has 0 unspecified atom stereocenters. The molecule has 0 aliphatic heterocycles. The van der Waals surface area contributed by atoms with Crippen molar-refractivity contribution in [3.63, 3.8) is 0 Å². The van der Waals surface area contributed by atoms with Crippen LogP contribution >= 0.6 is 0 Å². The van der Waals surface area contributed by atoms with Crippen LogP contribution in [0, 0.1) is 12.8 Å². The second kappa shape index (κ2) is 9.82. The molecule has 3 rings (SSSR count). The average molecular weight is 447 g/mol. The number of alkyl halides is 3. The predicted octanol–water partition coefficient (Wildman–Crippen LogP) is 4.92. The molecule has 2 heterocycles. The molecule has 0 bridgehead atoms. The lowest BCUT2D eigenvalue weighted by Crippen LogP contribution is -2.30. The zero-order valence-electron chi connectivity index (χ0n) is 17.8. The molecule has 170 valence electrons. The molecule has 2 aromatic heterocycles. The average Bonchev–Trinajstić information content (AvgIpc) is 2.73. The van der Waals surface area contributed by atoms with Gasteiger partial charge in [0.25, 0.3) is 0 Å². The largest absolute Gasteiger partial charge is 0.573 e. The smallest absolute Gasteiger partial charge is 0.406 e. The van der Waals surface area contributed by atoms with E-state index in [1.807, 2.05) is 19.9 Å². The lowest BCUT2D eigenvalue weighted by atomic mass is 10.1. The van der Waals surface area contributed by atoms with Crippen LogP contribution in [0.2, 0.25) is 0 Å². The summed E-state index contributed by atoms with van der Waals surface area (Å²) in [5.74, 6) is 0.556. The summed E-state index contributed by atoms with van der Waals surface area (Å²) >= 11 is 0. The van der Waals surface area contributed by atoms with E-state index in [4.69, 9.17) is 0 Å². The Morgan fingerprint density at radius 2 is 1.91 bits per heavy atom. The topological polar surface area (TPSA) is 92.2 Å². The molecule has 10 heteroatoms. The van der Waals surface area contributed by atoms with Crippen LogP contribution in [0.1, 0.15) is 19.4 Å². The highest BCUT2D eigenvalue weighted by atomic mass is 19.4. The SMILES string of the molecule is Cc1cc(OC(F)(F)F)ccc1Nc1cc(-c2cccnc2)nc(N[C@H](CO)C(C)C)n1. The Bertz CT molecular complexity index is 1050. The molecule has 32 heavy (non-hydrogen) atoms. The third-order valence-electron chi connectivity index (χ3n) is 4.69. The fourth-order valence-corrected chi connectivity index (χ4v) is 2.94. The van der Waals surface area contributed by atoms with Crippen LogP contribution in [0.5, 0.6) is 5.75 Å². The van der Waals surface area contributed by atoms with Crippen molar-refractivity contribution in [3.05, 3.63) is 54.4 Å². The summed E-state index contributed by atoms with van der Waals surface area (Å²) in [6.07, 6.45) is -1.44. The molecular weight excluding hydrogens is 423 g/mol. The molecule has 7 nitrogen and oxygen atoms in total. The van der Waals surface area contributed by atoms with Crippen molar-refractivity contribution < 1.29 is 23.0 Å². The highest BCUT2D eigenvalue weighted by molar-refractivity contribution is 5.68. The molecule has 0 amide bonds.